The summed E-state index contributed by atoms with van der Waals surface area (Å²) < 4.78 is 5.31. The Morgan fingerprint density at radius 1 is 1.21 bits per heavy atom. The van der Waals surface area contributed by atoms with Crippen molar-refractivity contribution in [2.75, 3.05) is 26.3 Å². The molecule has 0 saturated carbocycles. The number of hydrogen-bond acceptors (Lipinski definition) is 2. The van der Waals surface area contributed by atoms with Crippen molar-refractivity contribution in [1.29, 1.82) is 0 Å². The van der Waals surface area contributed by atoms with E-state index in [1.165, 1.54) is 5.56 Å². The largest absolute Gasteiger partial charge is 0.379 e. The van der Waals surface area contributed by atoms with E-state index >= 15 is 0 Å². The minimum absolute atomic E-state index is 0.860. The van der Waals surface area contributed by atoms with E-state index in [1.807, 2.05) is 6.07 Å². The van der Waals surface area contributed by atoms with Crippen LogP contribution in [0, 0.1) is 6.92 Å². The van der Waals surface area contributed by atoms with Gasteiger partial charge in [0.15, 0.2) is 0 Å². The van der Waals surface area contributed by atoms with E-state index in [9.17, 15) is 0 Å². The first-order valence-corrected chi connectivity index (χ1v) is 5.06. The molecule has 0 atom stereocenters. The Balaban J connectivity index is 1.99. The van der Waals surface area contributed by atoms with Gasteiger partial charge in [-0.1, -0.05) is 24.3 Å². The van der Waals surface area contributed by atoms with Crippen LogP contribution in [0.2, 0.25) is 0 Å². The van der Waals surface area contributed by atoms with Crippen LogP contribution in [0.4, 0.5) is 0 Å². The standard InChI is InChI=1S/C12H16NO/c1-11-4-2-3-5-12(11)10-13-6-8-14-9-7-13/h2-5H,1,6-10H2. The second-order valence-electron chi connectivity index (χ2n) is 3.66. The number of ether oxygens (including phenoxy) is 1. The lowest BCUT2D eigenvalue weighted by atomic mass is 10.1. The molecule has 0 N–H and O–H groups in total. The molecule has 0 unspecified atom stereocenters. The molecular formula is C12H16NO. The molecule has 1 aromatic carbocycles. The molecule has 2 rings (SSSR count). The summed E-state index contributed by atoms with van der Waals surface area (Å²) in [5.74, 6) is 0. The summed E-state index contributed by atoms with van der Waals surface area (Å²) in [6, 6.07) is 8.32. The fourth-order valence-electron chi connectivity index (χ4n) is 1.71. The van der Waals surface area contributed by atoms with Crippen LogP contribution >= 0.6 is 0 Å². The highest BCUT2D eigenvalue weighted by Crippen LogP contribution is 2.11. The first kappa shape index (κ1) is 9.69. The van der Waals surface area contributed by atoms with Crippen LogP contribution in [0.1, 0.15) is 11.1 Å². The molecule has 2 nitrogen and oxygen atoms in total. The molecule has 0 spiro atoms. The van der Waals surface area contributed by atoms with Gasteiger partial charge in [0, 0.05) is 19.6 Å². The van der Waals surface area contributed by atoms with Crippen molar-refractivity contribution in [2.45, 2.75) is 6.54 Å². The van der Waals surface area contributed by atoms with Crippen molar-refractivity contribution in [2.24, 2.45) is 0 Å². The average Bonchev–Trinajstić information content (AvgIpc) is 2.23. The van der Waals surface area contributed by atoms with Crippen molar-refractivity contribution >= 4 is 0 Å². The summed E-state index contributed by atoms with van der Waals surface area (Å²) in [4.78, 5) is 2.41. The topological polar surface area (TPSA) is 12.5 Å². The van der Waals surface area contributed by atoms with Crippen molar-refractivity contribution in [3.8, 4) is 0 Å². The quantitative estimate of drug-likeness (QED) is 0.704. The molecule has 1 aliphatic rings. The second-order valence-corrected chi connectivity index (χ2v) is 3.66. The number of nitrogens with zero attached hydrogens (tertiary/aromatic N) is 1. The van der Waals surface area contributed by atoms with Gasteiger partial charge in [0.25, 0.3) is 0 Å². The van der Waals surface area contributed by atoms with Gasteiger partial charge in [0.2, 0.25) is 0 Å². The second kappa shape index (κ2) is 4.58. The Hall–Kier alpha value is -0.860. The smallest absolute Gasteiger partial charge is 0.0594 e. The van der Waals surface area contributed by atoms with Crippen LogP contribution in [-0.2, 0) is 11.3 Å². The molecule has 1 aromatic rings. The minimum atomic E-state index is 0.860. The van der Waals surface area contributed by atoms with E-state index in [2.05, 4.69) is 30.0 Å². The molecule has 2 heteroatoms. The van der Waals surface area contributed by atoms with Gasteiger partial charge in [0.1, 0.15) is 0 Å². The zero-order valence-corrected chi connectivity index (χ0v) is 8.41. The highest BCUT2D eigenvalue weighted by molar-refractivity contribution is 5.29. The van der Waals surface area contributed by atoms with E-state index < -0.39 is 0 Å². The van der Waals surface area contributed by atoms with Crippen molar-refractivity contribution in [3.63, 3.8) is 0 Å². The Kier molecular flexibility index (Phi) is 3.17. The summed E-state index contributed by atoms with van der Waals surface area (Å²) in [5.41, 5.74) is 2.47. The Bertz CT molecular complexity index is 292. The fourth-order valence-corrected chi connectivity index (χ4v) is 1.71. The van der Waals surface area contributed by atoms with Gasteiger partial charge in [-0.25, -0.2) is 0 Å². The van der Waals surface area contributed by atoms with E-state index in [0.717, 1.165) is 38.4 Å². The Morgan fingerprint density at radius 3 is 2.64 bits per heavy atom. The van der Waals surface area contributed by atoms with E-state index in [1.54, 1.807) is 0 Å². The molecular weight excluding hydrogens is 174 g/mol. The SMILES string of the molecule is [CH2]c1ccccc1CN1CCOCC1. The summed E-state index contributed by atoms with van der Waals surface area (Å²) in [5, 5.41) is 0. The monoisotopic (exact) mass is 190 g/mol. The van der Waals surface area contributed by atoms with Crippen LogP contribution in [0.3, 0.4) is 0 Å². The highest BCUT2D eigenvalue weighted by atomic mass is 16.5. The van der Waals surface area contributed by atoms with Crippen molar-refractivity contribution in [3.05, 3.63) is 42.3 Å². The number of hydrogen-bond donors (Lipinski definition) is 0. The van der Waals surface area contributed by atoms with E-state index in [0.29, 0.717) is 0 Å². The predicted octanol–water partition coefficient (Wildman–Crippen LogP) is 1.70. The molecule has 1 radical (unpaired) electrons. The molecule has 1 saturated heterocycles. The van der Waals surface area contributed by atoms with Crippen LogP contribution in [0.25, 0.3) is 0 Å². The summed E-state index contributed by atoms with van der Waals surface area (Å²) in [7, 11) is 0. The third kappa shape index (κ3) is 2.34. The number of benzene rings is 1. The molecule has 0 aliphatic carbocycles. The van der Waals surface area contributed by atoms with Gasteiger partial charge in [0.05, 0.1) is 13.2 Å². The van der Waals surface area contributed by atoms with Crippen molar-refractivity contribution < 1.29 is 4.74 Å². The lowest BCUT2D eigenvalue weighted by molar-refractivity contribution is 0.0341. The molecule has 0 aromatic heterocycles. The van der Waals surface area contributed by atoms with Crippen molar-refractivity contribution in [1.82, 2.24) is 4.90 Å². The number of morpholine rings is 1. The van der Waals surface area contributed by atoms with E-state index in [4.69, 9.17) is 4.74 Å². The molecule has 1 aliphatic heterocycles. The van der Waals surface area contributed by atoms with Crippen LogP contribution in [0.15, 0.2) is 24.3 Å². The van der Waals surface area contributed by atoms with Gasteiger partial charge in [-0.3, -0.25) is 4.90 Å². The molecule has 0 amide bonds. The van der Waals surface area contributed by atoms with Gasteiger partial charge < -0.3 is 4.74 Å². The maximum atomic E-state index is 5.31. The summed E-state index contributed by atoms with van der Waals surface area (Å²) in [6.07, 6.45) is 0. The first-order chi connectivity index (χ1) is 6.86. The summed E-state index contributed by atoms with van der Waals surface area (Å²) in [6.45, 7) is 8.82. The Morgan fingerprint density at radius 2 is 1.93 bits per heavy atom. The first-order valence-electron chi connectivity index (χ1n) is 5.06. The van der Waals surface area contributed by atoms with Gasteiger partial charge >= 0.3 is 0 Å². The van der Waals surface area contributed by atoms with Gasteiger partial charge in [-0.15, -0.1) is 0 Å². The maximum Gasteiger partial charge on any atom is 0.0594 e. The zero-order chi connectivity index (χ0) is 9.80. The molecule has 1 fully saturated rings. The fraction of sp³-hybridized carbons (Fsp3) is 0.417. The maximum absolute atomic E-state index is 5.31. The lowest BCUT2D eigenvalue weighted by Crippen LogP contribution is -2.35. The van der Waals surface area contributed by atoms with Gasteiger partial charge in [-0.05, 0) is 18.1 Å². The average molecular weight is 190 g/mol. The third-order valence-electron chi connectivity index (χ3n) is 2.62. The lowest BCUT2D eigenvalue weighted by Gasteiger charge is -2.27. The van der Waals surface area contributed by atoms with Crippen LogP contribution in [-0.4, -0.2) is 31.2 Å². The predicted molar refractivity (Wildman–Crippen MR) is 57.0 cm³/mol. The molecule has 75 valence electrons. The zero-order valence-electron chi connectivity index (χ0n) is 8.41. The van der Waals surface area contributed by atoms with Crippen LogP contribution < -0.4 is 0 Å². The molecule has 14 heavy (non-hydrogen) atoms. The molecule has 1 heterocycles. The molecule has 0 bridgehead atoms. The minimum Gasteiger partial charge on any atom is -0.379 e. The summed E-state index contributed by atoms with van der Waals surface area (Å²) >= 11 is 0. The third-order valence-corrected chi connectivity index (χ3v) is 2.62. The van der Waals surface area contributed by atoms with E-state index in [-0.39, 0.29) is 0 Å². The number of rotatable bonds is 2. The normalized spacial score (nSPS) is 18.4. The Labute approximate surface area is 85.5 Å². The highest BCUT2D eigenvalue weighted by Gasteiger charge is 2.10. The van der Waals surface area contributed by atoms with Crippen LogP contribution in [0.5, 0.6) is 0 Å². The van der Waals surface area contributed by atoms with Gasteiger partial charge in [-0.2, -0.15) is 0 Å².